The Morgan fingerprint density at radius 3 is 2.30 bits per heavy atom. The molecular formula is C28H38O2. The van der Waals surface area contributed by atoms with Crippen molar-refractivity contribution in [3.05, 3.63) is 77.4 Å². The molecule has 0 heterocycles. The van der Waals surface area contributed by atoms with Crippen molar-refractivity contribution in [1.82, 2.24) is 0 Å². The fourth-order valence-electron chi connectivity index (χ4n) is 4.73. The molecule has 2 nitrogen and oxygen atoms in total. The second-order valence-electron chi connectivity index (χ2n) is 9.53. The van der Waals surface area contributed by atoms with Crippen LogP contribution >= 0.6 is 0 Å². The van der Waals surface area contributed by atoms with Gasteiger partial charge in [0.15, 0.2) is 0 Å². The lowest BCUT2D eigenvalue weighted by molar-refractivity contribution is -0.0402. The van der Waals surface area contributed by atoms with E-state index >= 15 is 0 Å². The normalized spacial score (nSPS) is 25.6. The van der Waals surface area contributed by atoms with E-state index in [1.165, 1.54) is 12.0 Å². The monoisotopic (exact) mass is 406 g/mol. The standard InChI is InChI=1S/C28H38O2/c1-6-22-11-7-9-21-10-8-12-24(18-21)27(22)28(29)30-25-15-13-23(14-16-25)26(20(4)5)17-19(2)3/h6-8,11-16,18-21,26-29H,9-10,17H2,1-5H3/b11-7-,22-6+. The molecule has 0 radical (unpaired) electrons. The van der Waals surface area contributed by atoms with Crippen LogP contribution in [0.4, 0.5) is 0 Å². The van der Waals surface area contributed by atoms with Gasteiger partial charge in [-0.3, -0.25) is 0 Å². The number of hydrogen-bond acceptors (Lipinski definition) is 2. The third-order valence-corrected chi connectivity index (χ3v) is 6.36. The maximum Gasteiger partial charge on any atom is 0.208 e. The van der Waals surface area contributed by atoms with Gasteiger partial charge in [0.25, 0.3) is 0 Å². The van der Waals surface area contributed by atoms with Crippen molar-refractivity contribution in [1.29, 1.82) is 0 Å². The van der Waals surface area contributed by atoms with Crippen molar-refractivity contribution in [2.45, 2.75) is 66.1 Å². The average molecular weight is 407 g/mol. The van der Waals surface area contributed by atoms with E-state index in [2.05, 4.69) is 76.3 Å². The van der Waals surface area contributed by atoms with Gasteiger partial charge in [0, 0.05) is 0 Å². The van der Waals surface area contributed by atoms with Crippen LogP contribution in [0.25, 0.3) is 0 Å². The molecule has 2 aliphatic carbocycles. The molecule has 2 heteroatoms. The maximum absolute atomic E-state index is 11.1. The third-order valence-electron chi connectivity index (χ3n) is 6.36. The zero-order chi connectivity index (χ0) is 21.7. The fourth-order valence-corrected chi connectivity index (χ4v) is 4.73. The lowest BCUT2D eigenvalue weighted by Gasteiger charge is -2.30. The number of aliphatic hydroxyl groups excluding tert-OH is 1. The minimum atomic E-state index is -0.920. The van der Waals surface area contributed by atoms with Gasteiger partial charge in [-0.05, 0) is 78.7 Å². The summed E-state index contributed by atoms with van der Waals surface area (Å²) in [5, 5.41) is 11.1. The quantitative estimate of drug-likeness (QED) is 0.485. The summed E-state index contributed by atoms with van der Waals surface area (Å²) in [6.45, 7) is 11.2. The van der Waals surface area contributed by atoms with E-state index in [9.17, 15) is 5.11 Å². The molecule has 1 N–H and O–H groups in total. The lowest BCUT2D eigenvalue weighted by atomic mass is 9.80. The number of fused-ring (bicyclic) bond motifs is 1. The number of ether oxygens (including phenoxy) is 1. The second-order valence-corrected chi connectivity index (χ2v) is 9.53. The smallest absolute Gasteiger partial charge is 0.208 e. The Hall–Kier alpha value is -2.06. The summed E-state index contributed by atoms with van der Waals surface area (Å²) in [5.74, 6) is 2.88. The van der Waals surface area contributed by atoms with Crippen LogP contribution in [-0.4, -0.2) is 11.4 Å². The molecule has 1 aromatic carbocycles. The van der Waals surface area contributed by atoms with Gasteiger partial charge in [0.2, 0.25) is 6.29 Å². The van der Waals surface area contributed by atoms with Crippen LogP contribution in [0.3, 0.4) is 0 Å². The molecular weight excluding hydrogens is 368 g/mol. The number of rotatable bonds is 7. The fraction of sp³-hybridized carbons (Fsp3) is 0.500. The molecule has 1 aromatic rings. The Morgan fingerprint density at radius 2 is 1.70 bits per heavy atom. The van der Waals surface area contributed by atoms with Crippen molar-refractivity contribution in [2.75, 3.05) is 0 Å². The molecule has 0 aromatic heterocycles. The van der Waals surface area contributed by atoms with Crippen molar-refractivity contribution in [2.24, 2.45) is 23.7 Å². The summed E-state index contributed by atoms with van der Waals surface area (Å²) in [4.78, 5) is 0. The SMILES string of the molecule is C/C=C1\C=C/CC2C=C(C=CC2)C1C(O)Oc1ccc(C(CC(C)C)C(C)C)cc1. The van der Waals surface area contributed by atoms with Crippen LogP contribution in [0.1, 0.15) is 65.4 Å². The van der Waals surface area contributed by atoms with Gasteiger partial charge in [0.1, 0.15) is 5.75 Å². The van der Waals surface area contributed by atoms with E-state index in [1.807, 2.05) is 19.1 Å². The summed E-state index contributed by atoms with van der Waals surface area (Å²) >= 11 is 0. The summed E-state index contributed by atoms with van der Waals surface area (Å²) in [6.07, 6.45) is 15.5. The third kappa shape index (κ3) is 5.55. The van der Waals surface area contributed by atoms with Gasteiger partial charge in [-0.15, -0.1) is 0 Å². The van der Waals surface area contributed by atoms with E-state index in [4.69, 9.17) is 4.74 Å². The van der Waals surface area contributed by atoms with Crippen LogP contribution in [0.5, 0.6) is 5.75 Å². The van der Waals surface area contributed by atoms with Gasteiger partial charge in [-0.25, -0.2) is 0 Å². The first-order valence-corrected chi connectivity index (χ1v) is 11.5. The van der Waals surface area contributed by atoms with E-state index in [-0.39, 0.29) is 5.92 Å². The van der Waals surface area contributed by atoms with Gasteiger partial charge in [-0.1, -0.05) is 76.3 Å². The average Bonchev–Trinajstić information content (AvgIpc) is 2.71. The van der Waals surface area contributed by atoms with Crippen molar-refractivity contribution < 1.29 is 9.84 Å². The zero-order valence-electron chi connectivity index (χ0n) is 19.2. The van der Waals surface area contributed by atoms with Crippen LogP contribution in [0, 0.1) is 23.7 Å². The molecule has 0 aliphatic heterocycles. The van der Waals surface area contributed by atoms with E-state index < -0.39 is 6.29 Å². The predicted molar refractivity (Wildman–Crippen MR) is 126 cm³/mol. The molecule has 30 heavy (non-hydrogen) atoms. The van der Waals surface area contributed by atoms with Crippen molar-refractivity contribution >= 4 is 0 Å². The Kier molecular flexibility index (Phi) is 7.77. The highest BCUT2D eigenvalue weighted by molar-refractivity contribution is 5.40. The number of aliphatic hydroxyl groups is 1. The molecule has 0 amide bonds. The molecule has 4 unspecified atom stereocenters. The number of benzene rings is 1. The summed E-state index contributed by atoms with van der Waals surface area (Å²) in [7, 11) is 0. The minimum Gasteiger partial charge on any atom is -0.464 e. The Labute approximate surface area is 183 Å². The first-order chi connectivity index (χ1) is 14.4. The molecule has 2 aliphatic rings. The predicted octanol–water partition coefficient (Wildman–Crippen LogP) is 7.19. The van der Waals surface area contributed by atoms with E-state index in [0.717, 1.165) is 29.7 Å². The Morgan fingerprint density at radius 1 is 1.03 bits per heavy atom. The molecule has 2 bridgehead atoms. The first-order valence-electron chi connectivity index (χ1n) is 11.5. The highest BCUT2D eigenvalue weighted by Gasteiger charge is 2.29. The largest absolute Gasteiger partial charge is 0.464 e. The maximum atomic E-state index is 11.1. The Balaban J connectivity index is 1.78. The number of hydrogen-bond donors (Lipinski definition) is 1. The van der Waals surface area contributed by atoms with Crippen LogP contribution in [-0.2, 0) is 0 Å². The molecule has 162 valence electrons. The first kappa shape index (κ1) is 22.6. The van der Waals surface area contributed by atoms with Gasteiger partial charge >= 0.3 is 0 Å². The van der Waals surface area contributed by atoms with Crippen LogP contribution in [0.15, 0.2) is 71.9 Å². The van der Waals surface area contributed by atoms with E-state index in [1.54, 1.807) is 0 Å². The van der Waals surface area contributed by atoms with E-state index in [0.29, 0.717) is 23.7 Å². The summed E-state index contributed by atoms with van der Waals surface area (Å²) in [5.41, 5.74) is 3.61. The van der Waals surface area contributed by atoms with Crippen molar-refractivity contribution in [3.63, 3.8) is 0 Å². The van der Waals surface area contributed by atoms with Gasteiger partial charge < -0.3 is 9.84 Å². The molecule has 0 saturated carbocycles. The zero-order valence-corrected chi connectivity index (χ0v) is 19.2. The lowest BCUT2D eigenvalue weighted by Crippen LogP contribution is -2.30. The highest BCUT2D eigenvalue weighted by atomic mass is 16.6. The second kappa shape index (κ2) is 10.3. The number of allylic oxidation sites excluding steroid dienone is 6. The Bertz CT molecular complexity index is 808. The molecule has 0 saturated heterocycles. The summed E-state index contributed by atoms with van der Waals surface area (Å²) < 4.78 is 6.06. The van der Waals surface area contributed by atoms with Crippen LogP contribution < -0.4 is 4.74 Å². The molecule has 0 fully saturated rings. The highest BCUT2D eigenvalue weighted by Crippen LogP contribution is 2.36. The van der Waals surface area contributed by atoms with Gasteiger partial charge in [0.05, 0.1) is 5.92 Å². The minimum absolute atomic E-state index is 0.172. The summed E-state index contributed by atoms with van der Waals surface area (Å²) in [6, 6.07) is 8.35. The van der Waals surface area contributed by atoms with Crippen LogP contribution in [0.2, 0.25) is 0 Å². The topological polar surface area (TPSA) is 29.5 Å². The molecule has 3 rings (SSSR count). The van der Waals surface area contributed by atoms with Gasteiger partial charge in [-0.2, -0.15) is 0 Å². The molecule has 0 spiro atoms. The van der Waals surface area contributed by atoms with Crippen molar-refractivity contribution in [3.8, 4) is 5.75 Å². The molecule has 4 atom stereocenters.